The van der Waals surface area contributed by atoms with E-state index in [9.17, 15) is 10.1 Å². The van der Waals surface area contributed by atoms with E-state index in [-0.39, 0.29) is 5.57 Å². The number of nitrogens with zero attached hydrogens (tertiary/aromatic N) is 1. The summed E-state index contributed by atoms with van der Waals surface area (Å²) in [5, 5.41) is 12.0. The Morgan fingerprint density at radius 1 is 1.21 bits per heavy atom. The number of hydrogen-bond acceptors (Lipinski definition) is 4. The van der Waals surface area contributed by atoms with Gasteiger partial charge in [-0.2, -0.15) is 5.26 Å². The zero-order valence-electron chi connectivity index (χ0n) is 13.6. The average molecular weight is 338 g/mol. The quantitative estimate of drug-likeness (QED) is 0.483. The zero-order chi connectivity index (χ0) is 17.4. The maximum Gasteiger partial charge on any atom is 0.266 e. The summed E-state index contributed by atoms with van der Waals surface area (Å²) in [7, 11) is 0. The summed E-state index contributed by atoms with van der Waals surface area (Å²) >= 11 is 1.64. The molecule has 0 bridgehead atoms. The minimum Gasteiger partial charge on any atom is -0.494 e. The lowest BCUT2D eigenvalue weighted by Gasteiger charge is -2.06. The van der Waals surface area contributed by atoms with Crippen molar-refractivity contribution in [2.45, 2.75) is 11.8 Å². The van der Waals surface area contributed by atoms with Crippen molar-refractivity contribution in [2.75, 3.05) is 18.2 Å². The van der Waals surface area contributed by atoms with Crippen LogP contribution in [-0.4, -0.2) is 18.8 Å². The topological polar surface area (TPSA) is 62.1 Å². The van der Waals surface area contributed by atoms with Gasteiger partial charge in [-0.25, -0.2) is 0 Å². The molecule has 0 aliphatic rings. The SMILES string of the molecule is CCOc1ccc(NC(=O)/C(C#N)=C/c2ccc(SC)cc2)cc1. The van der Waals surface area contributed by atoms with Crippen LogP contribution in [0, 0.1) is 11.3 Å². The Balaban J connectivity index is 2.10. The van der Waals surface area contributed by atoms with E-state index in [1.807, 2.05) is 43.5 Å². The molecule has 1 amide bonds. The minimum atomic E-state index is -0.435. The molecular formula is C19H18N2O2S. The molecule has 0 fully saturated rings. The number of hydrogen-bond donors (Lipinski definition) is 1. The number of thioether (sulfide) groups is 1. The molecule has 0 spiro atoms. The summed E-state index contributed by atoms with van der Waals surface area (Å²) in [6.07, 6.45) is 3.57. The van der Waals surface area contributed by atoms with Crippen LogP contribution in [0.25, 0.3) is 6.08 Å². The molecule has 0 unspecified atom stereocenters. The van der Waals surface area contributed by atoms with Gasteiger partial charge in [0.05, 0.1) is 6.61 Å². The molecule has 2 aromatic carbocycles. The summed E-state index contributed by atoms with van der Waals surface area (Å²) in [6, 6.07) is 16.7. The molecule has 0 saturated heterocycles. The second-order valence-corrected chi connectivity index (χ2v) is 5.73. The van der Waals surface area contributed by atoms with Gasteiger partial charge in [0.15, 0.2) is 0 Å². The van der Waals surface area contributed by atoms with E-state index in [0.717, 1.165) is 16.2 Å². The minimum absolute atomic E-state index is 0.0563. The molecule has 122 valence electrons. The van der Waals surface area contributed by atoms with Crippen molar-refractivity contribution in [3.63, 3.8) is 0 Å². The first-order valence-corrected chi connectivity index (χ1v) is 8.68. The Morgan fingerprint density at radius 3 is 2.42 bits per heavy atom. The molecule has 0 heterocycles. The van der Waals surface area contributed by atoms with Crippen molar-refractivity contribution < 1.29 is 9.53 Å². The predicted octanol–water partition coefficient (Wildman–Crippen LogP) is 4.35. The smallest absolute Gasteiger partial charge is 0.266 e. The number of carbonyl (C=O) groups is 1. The Bertz CT molecular complexity index is 759. The lowest BCUT2D eigenvalue weighted by atomic mass is 10.1. The number of nitrogens with one attached hydrogen (secondary N) is 1. The number of rotatable bonds is 6. The van der Waals surface area contributed by atoms with Crippen molar-refractivity contribution in [1.82, 2.24) is 0 Å². The number of benzene rings is 2. The summed E-state index contributed by atoms with van der Waals surface area (Å²) < 4.78 is 5.35. The monoisotopic (exact) mass is 338 g/mol. The van der Waals surface area contributed by atoms with Crippen LogP contribution in [0.15, 0.2) is 59.0 Å². The lowest BCUT2D eigenvalue weighted by molar-refractivity contribution is -0.112. The Hall–Kier alpha value is -2.71. The first-order valence-electron chi connectivity index (χ1n) is 7.46. The van der Waals surface area contributed by atoms with Crippen LogP contribution in [0.3, 0.4) is 0 Å². The van der Waals surface area contributed by atoms with Crippen molar-refractivity contribution >= 4 is 29.4 Å². The number of amides is 1. The van der Waals surface area contributed by atoms with Crippen LogP contribution in [0.1, 0.15) is 12.5 Å². The van der Waals surface area contributed by atoms with Gasteiger partial charge in [0, 0.05) is 10.6 Å². The number of carbonyl (C=O) groups excluding carboxylic acids is 1. The van der Waals surface area contributed by atoms with Crippen molar-refractivity contribution in [1.29, 1.82) is 5.26 Å². The van der Waals surface area contributed by atoms with Crippen molar-refractivity contribution in [3.05, 3.63) is 59.7 Å². The molecule has 4 nitrogen and oxygen atoms in total. The summed E-state index contributed by atoms with van der Waals surface area (Å²) in [6.45, 7) is 2.49. The summed E-state index contributed by atoms with van der Waals surface area (Å²) in [4.78, 5) is 13.4. The maximum atomic E-state index is 12.2. The normalized spacial score (nSPS) is 10.8. The number of nitriles is 1. The Kier molecular flexibility index (Phi) is 6.47. The fourth-order valence-electron chi connectivity index (χ4n) is 2.01. The second-order valence-electron chi connectivity index (χ2n) is 4.85. The summed E-state index contributed by atoms with van der Waals surface area (Å²) in [5.41, 5.74) is 1.48. The van der Waals surface area contributed by atoms with E-state index in [2.05, 4.69) is 5.32 Å². The van der Waals surface area contributed by atoms with E-state index < -0.39 is 5.91 Å². The molecule has 0 aliphatic carbocycles. The van der Waals surface area contributed by atoms with Gasteiger partial charge in [-0.1, -0.05) is 12.1 Å². The third-order valence-electron chi connectivity index (χ3n) is 3.22. The first-order chi connectivity index (χ1) is 11.7. The molecule has 5 heteroatoms. The largest absolute Gasteiger partial charge is 0.494 e. The fourth-order valence-corrected chi connectivity index (χ4v) is 2.42. The van der Waals surface area contributed by atoms with E-state index in [4.69, 9.17) is 4.74 Å². The fraction of sp³-hybridized carbons (Fsp3) is 0.158. The standard InChI is InChI=1S/C19H18N2O2S/c1-3-23-17-8-6-16(7-9-17)21-19(22)15(13-20)12-14-4-10-18(24-2)11-5-14/h4-12H,3H2,1-2H3,(H,21,22)/b15-12+. The maximum absolute atomic E-state index is 12.2. The summed E-state index contributed by atoms with van der Waals surface area (Å²) in [5.74, 6) is 0.302. The molecule has 0 atom stereocenters. The van der Waals surface area contributed by atoms with Crippen LogP contribution >= 0.6 is 11.8 Å². The van der Waals surface area contributed by atoms with E-state index >= 15 is 0 Å². The lowest BCUT2D eigenvalue weighted by Crippen LogP contribution is -2.13. The third-order valence-corrected chi connectivity index (χ3v) is 3.96. The zero-order valence-corrected chi connectivity index (χ0v) is 14.4. The molecule has 2 rings (SSSR count). The van der Waals surface area contributed by atoms with Crippen molar-refractivity contribution in [2.24, 2.45) is 0 Å². The molecule has 0 radical (unpaired) electrons. The highest BCUT2D eigenvalue weighted by atomic mass is 32.2. The highest BCUT2D eigenvalue weighted by molar-refractivity contribution is 7.98. The van der Waals surface area contributed by atoms with E-state index in [1.165, 1.54) is 0 Å². The first kappa shape index (κ1) is 17.6. The molecule has 24 heavy (non-hydrogen) atoms. The van der Waals surface area contributed by atoms with Crippen LogP contribution in [0.5, 0.6) is 5.75 Å². The van der Waals surface area contributed by atoms with Gasteiger partial charge in [0.1, 0.15) is 17.4 Å². The molecule has 2 aromatic rings. The van der Waals surface area contributed by atoms with Crippen LogP contribution in [-0.2, 0) is 4.79 Å². The molecular weight excluding hydrogens is 320 g/mol. The molecule has 0 saturated carbocycles. The average Bonchev–Trinajstić information content (AvgIpc) is 2.62. The van der Waals surface area contributed by atoms with Gasteiger partial charge in [-0.3, -0.25) is 4.79 Å². The predicted molar refractivity (Wildman–Crippen MR) is 98.1 cm³/mol. The third kappa shape index (κ3) is 4.90. The molecule has 0 aromatic heterocycles. The van der Waals surface area contributed by atoms with Crippen LogP contribution < -0.4 is 10.1 Å². The van der Waals surface area contributed by atoms with Crippen LogP contribution in [0.4, 0.5) is 5.69 Å². The van der Waals surface area contributed by atoms with Crippen molar-refractivity contribution in [3.8, 4) is 11.8 Å². The number of ether oxygens (including phenoxy) is 1. The number of anilines is 1. The van der Waals surface area contributed by atoms with Gasteiger partial charge >= 0.3 is 0 Å². The van der Waals surface area contributed by atoms with E-state index in [1.54, 1.807) is 42.1 Å². The molecule has 0 aliphatic heterocycles. The Morgan fingerprint density at radius 2 is 1.88 bits per heavy atom. The van der Waals surface area contributed by atoms with Gasteiger partial charge < -0.3 is 10.1 Å². The van der Waals surface area contributed by atoms with Crippen LogP contribution in [0.2, 0.25) is 0 Å². The molecule has 1 N–H and O–H groups in total. The van der Waals surface area contributed by atoms with Gasteiger partial charge in [0.2, 0.25) is 0 Å². The highest BCUT2D eigenvalue weighted by Crippen LogP contribution is 2.18. The van der Waals surface area contributed by atoms with Gasteiger partial charge in [-0.15, -0.1) is 11.8 Å². The van der Waals surface area contributed by atoms with Gasteiger partial charge in [-0.05, 0) is 61.2 Å². The van der Waals surface area contributed by atoms with Gasteiger partial charge in [0.25, 0.3) is 5.91 Å². The van der Waals surface area contributed by atoms with E-state index in [0.29, 0.717) is 12.3 Å². The highest BCUT2D eigenvalue weighted by Gasteiger charge is 2.09. The second kappa shape index (κ2) is 8.80. The Labute approximate surface area is 146 Å².